The summed E-state index contributed by atoms with van der Waals surface area (Å²) in [6, 6.07) is 0. The van der Waals surface area contributed by atoms with Crippen LogP contribution in [-0.4, -0.2) is 37.2 Å². The van der Waals surface area contributed by atoms with Crippen LogP contribution in [0.25, 0.3) is 0 Å². The molecule has 1 atom stereocenters. The van der Waals surface area contributed by atoms with Crippen LogP contribution in [0.4, 0.5) is 0 Å². The minimum absolute atomic E-state index is 0.115. The molecule has 0 aromatic carbocycles. The number of rotatable bonds is 40. The van der Waals surface area contributed by atoms with Crippen LogP contribution >= 0.6 is 0 Å². The van der Waals surface area contributed by atoms with Crippen molar-refractivity contribution in [1.82, 2.24) is 0 Å². The molecule has 324 valence electrons. The van der Waals surface area contributed by atoms with Crippen molar-refractivity contribution in [1.29, 1.82) is 0 Å². The maximum atomic E-state index is 12.7. The molecule has 0 saturated carbocycles. The summed E-state index contributed by atoms with van der Waals surface area (Å²) in [6.45, 7) is 6.25. The van der Waals surface area contributed by atoms with Crippen LogP contribution in [-0.2, 0) is 28.6 Å². The summed E-state index contributed by atoms with van der Waals surface area (Å²) in [6.07, 6.45) is 57.4. The zero-order valence-electron chi connectivity index (χ0n) is 36.8. The minimum atomic E-state index is -0.818. The summed E-state index contributed by atoms with van der Waals surface area (Å²) in [7, 11) is 0. The second kappa shape index (κ2) is 45.3. The molecule has 0 fully saturated rings. The van der Waals surface area contributed by atoms with Crippen molar-refractivity contribution in [3.05, 3.63) is 85.1 Å². The van der Waals surface area contributed by atoms with E-state index in [1.54, 1.807) is 6.08 Å². The molecule has 0 rings (SSSR count). The Labute approximate surface area is 350 Å². The SMILES string of the molecule is CC\C=C/C=C\C=C/C=C\CCCCCCCC(=O)OCC(COC(=O)C/C=C\C/C=C\C/C=C\CC)OC(=O)CCCCCCCCCCCCCCCCC. The third-order valence-corrected chi connectivity index (χ3v) is 9.52. The number of unbranched alkanes of at least 4 members (excludes halogenated alkanes) is 19. The highest BCUT2D eigenvalue weighted by Gasteiger charge is 2.19. The first-order valence-corrected chi connectivity index (χ1v) is 23.1. The van der Waals surface area contributed by atoms with E-state index in [4.69, 9.17) is 14.2 Å². The highest BCUT2D eigenvalue weighted by Crippen LogP contribution is 2.15. The fraction of sp³-hybridized carbons (Fsp3) is 0.667. The molecule has 0 heterocycles. The molecular formula is C51H84O6. The van der Waals surface area contributed by atoms with Crippen LogP contribution in [0.5, 0.6) is 0 Å². The number of hydrogen-bond acceptors (Lipinski definition) is 6. The van der Waals surface area contributed by atoms with Crippen molar-refractivity contribution in [3.8, 4) is 0 Å². The third kappa shape index (κ3) is 43.6. The predicted octanol–water partition coefficient (Wildman–Crippen LogP) is 14.9. The van der Waals surface area contributed by atoms with Crippen LogP contribution in [0.3, 0.4) is 0 Å². The average molecular weight is 793 g/mol. The summed E-state index contributed by atoms with van der Waals surface area (Å²) in [4.78, 5) is 37.7. The lowest BCUT2D eigenvalue weighted by Crippen LogP contribution is -2.30. The summed E-state index contributed by atoms with van der Waals surface area (Å²) in [5.41, 5.74) is 0. The van der Waals surface area contributed by atoms with Crippen LogP contribution in [0.2, 0.25) is 0 Å². The monoisotopic (exact) mass is 793 g/mol. The first-order valence-electron chi connectivity index (χ1n) is 23.1. The van der Waals surface area contributed by atoms with Gasteiger partial charge in [-0.05, 0) is 51.4 Å². The van der Waals surface area contributed by atoms with Crippen molar-refractivity contribution in [2.45, 2.75) is 207 Å². The van der Waals surface area contributed by atoms with Crippen LogP contribution in [0, 0.1) is 0 Å². The topological polar surface area (TPSA) is 78.9 Å². The lowest BCUT2D eigenvalue weighted by atomic mass is 10.0. The number of hydrogen-bond donors (Lipinski definition) is 0. The normalized spacial score (nSPS) is 12.8. The molecule has 0 N–H and O–H groups in total. The summed E-state index contributed by atoms with van der Waals surface area (Å²) in [5.74, 6) is -1.07. The fourth-order valence-corrected chi connectivity index (χ4v) is 6.10. The van der Waals surface area contributed by atoms with Crippen LogP contribution < -0.4 is 0 Å². The quantitative estimate of drug-likeness (QED) is 0.0202. The Hall–Kier alpha value is -3.41. The number of carbonyl (C=O) groups excluding carboxylic acids is 3. The van der Waals surface area contributed by atoms with E-state index < -0.39 is 12.1 Å². The van der Waals surface area contributed by atoms with Gasteiger partial charge in [-0.2, -0.15) is 0 Å². The van der Waals surface area contributed by atoms with Gasteiger partial charge in [0.2, 0.25) is 0 Å². The van der Waals surface area contributed by atoms with E-state index in [0.29, 0.717) is 12.8 Å². The maximum Gasteiger partial charge on any atom is 0.309 e. The van der Waals surface area contributed by atoms with Crippen molar-refractivity contribution in [3.63, 3.8) is 0 Å². The molecular weight excluding hydrogens is 709 g/mol. The van der Waals surface area contributed by atoms with Gasteiger partial charge >= 0.3 is 17.9 Å². The maximum absolute atomic E-state index is 12.7. The molecule has 0 saturated heterocycles. The smallest absolute Gasteiger partial charge is 0.309 e. The average Bonchev–Trinajstić information content (AvgIpc) is 3.21. The summed E-state index contributed by atoms with van der Waals surface area (Å²) in [5, 5.41) is 0. The van der Waals surface area contributed by atoms with Gasteiger partial charge in [0.1, 0.15) is 13.2 Å². The fourth-order valence-electron chi connectivity index (χ4n) is 6.10. The molecule has 0 spiro atoms. The van der Waals surface area contributed by atoms with E-state index in [-0.39, 0.29) is 31.6 Å². The van der Waals surface area contributed by atoms with Gasteiger partial charge in [-0.3, -0.25) is 14.4 Å². The summed E-state index contributed by atoms with van der Waals surface area (Å²) < 4.78 is 16.6. The molecule has 0 radical (unpaired) electrons. The molecule has 0 aromatic rings. The van der Waals surface area contributed by atoms with Gasteiger partial charge in [-0.15, -0.1) is 0 Å². The van der Waals surface area contributed by atoms with E-state index >= 15 is 0 Å². The Kier molecular flexibility index (Phi) is 42.6. The third-order valence-electron chi connectivity index (χ3n) is 9.52. The van der Waals surface area contributed by atoms with Gasteiger partial charge < -0.3 is 14.2 Å². The molecule has 0 aromatic heterocycles. The van der Waals surface area contributed by atoms with Crippen molar-refractivity contribution in [2.75, 3.05) is 13.2 Å². The highest BCUT2D eigenvalue weighted by molar-refractivity contribution is 5.72. The Balaban J connectivity index is 4.45. The number of esters is 3. The molecule has 6 heteroatoms. The Morgan fingerprint density at radius 1 is 0.404 bits per heavy atom. The molecule has 0 aliphatic carbocycles. The van der Waals surface area contributed by atoms with Gasteiger partial charge in [0.05, 0.1) is 6.42 Å². The van der Waals surface area contributed by atoms with E-state index in [0.717, 1.165) is 83.5 Å². The molecule has 1 unspecified atom stereocenters. The zero-order valence-corrected chi connectivity index (χ0v) is 36.8. The number of carbonyl (C=O) groups is 3. The Morgan fingerprint density at radius 3 is 1.37 bits per heavy atom. The van der Waals surface area contributed by atoms with Crippen molar-refractivity contribution >= 4 is 17.9 Å². The minimum Gasteiger partial charge on any atom is -0.462 e. The molecule has 0 bridgehead atoms. The largest absolute Gasteiger partial charge is 0.462 e. The molecule has 57 heavy (non-hydrogen) atoms. The van der Waals surface area contributed by atoms with E-state index in [1.165, 1.54) is 77.0 Å². The van der Waals surface area contributed by atoms with E-state index in [9.17, 15) is 14.4 Å². The van der Waals surface area contributed by atoms with Gasteiger partial charge in [0, 0.05) is 12.8 Å². The Morgan fingerprint density at radius 2 is 0.825 bits per heavy atom. The lowest BCUT2D eigenvalue weighted by Gasteiger charge is -2.18. The predicted molar refractivity (Wildman–Crippen MR) is 242 cm³/mol. The van der Waals surface area contributed by atoms with Crippen LogP contribution in [0.1, 0.15) is 201 Å². The first kappa shape index (κ1) is 53.6. The summed E-state index contributed by atoms with van der Waals surface area (Å²) >= 11 is 0. The van der Waals surface area contributed by atoms with E-state index in [2.05, 4.69) is 69.4 Å². The molecule has 0 aliphatic heterocycles. The number of allylic oxidation sites excluding steroid dienone is 13. The molecule has 6 nitrogen and oxygen atoms in total. The van der Waals surface area contributed by atoms with Crippen LogP contribution in [0.15, 0.2) is 85.1 Å². The molecule has 0 amide bonds. The lowest BCUT2D eigenvalue weighted by molar-refractivity contribution is -0.166. The standard InChI is InChI=1S/C51H84O6/c1-4-7-10-13-16-19-21-23-25-27-29-32-35-38-41-44-50(53)56-47-48(46-55-49(52)43-40-37-34-31-18-15-12-9-6-3)57-51(54)45-42-39-36-33-30-28-26-24-22-20-17-14-11-8-5-2/h7,9-10,12-13,16,18-19,21,23,25,31,37,40,48H,4-6,8,11,14-15,17,20,22,24,26-30,32-36,38-39,41-47H2,1-3H3/b10-7-,12-9-,16-13-,21-19-,25-23-,31-18-,40-37-. The van der Waals surface area contributed by atoms with Crippen molar-refractivity contribution in [2.24, 2.45) is 0 Å². The highest BCUT2D eigenvalue weighted by atomic mass is 16.6. The van der Waals surface area contributed by atoms with Crippen molar-refractivity contribution < 1.29 is 28.6 Å². The van der Waals surface area contributed by atoms with E-state index in [1.807, 2.05) is 30.4 Å². The zero-order chi connectivity index (χ0) is 41.5. The molecule has 0 aliphatic rings. The second-order valence-electron chi connectivity index (χ2n) is 15.0. The van der Waals surface area contributed by atoms with Gasteiger partial charge in [0.25, 0.3) is 0 Å². The first-order chi connectivity index (χ1) is 28.0. The van der Waals surface area contributed by atoms with Gasteiger partial charge in [-0.25, -0.2) is 0 Å². The number of ether oxygens (including phenoxy) is 3. The van der Waals surface area contributed by atoms with Gasteiger partial charge in [-0.1, -0.05) is 215 Å². The van der Waals surface area contributed by atoms with Gasteiger partial charge in [0.15, 0.2) is 6.10 Å². The Bertz CT molecular complexity index is 1140. The second-order valence-corrected chi connectivity index (χ2v) is 15.0.